The molecule has 37 heavy (non-hydrogen) atoms. The third-order valence-electron chi connectivity index (χ3n) is 7.53. The summed E-state index contributed by atoms with van der Waals surface area (Å²) >= 11 is 0. The molecule has 1 saturated carbocycles. The number of aliphatic hydroxyl groups excluding tert-OH is 1. The highest BCUT2D eigenvalue weighted by Crippen LogP contribution is 2.32. The van der Waals surface area contributed by atoms with E-state index < -0.39 is 0 Å². The number of Topliss-reactive ketones (excluding diaryl/α,β-unsaturated/α-hetero) is 1. The number of likely N-dealkylation sites (tertiary alicyclic amines) is 1. The Hall–Kier alpha value is -3.24. The standard InChI is InChI=1S/C31H35N3O3/c1-33(27-13-14-27)19-26(17-29-31(36)30(35)15-16-32-29)25-11-9-23(10-12-25)4-3-22-5-7-24(8-6-22)18-34-20-28(21-34)37-2/h5-12,16,26-28,36H,13-15,17-21H2,1-2H3/t26-/m1/s1. The van der Waals surface area contributed by atoms with Gasteiger partial charge in [-0.15, -0.1) is 0 Å². The molecule has 0 amide bonds. The molecule has 2 aromatic carbocycles. The number of methoxy groups -OCH3 is 1. The van der Waals surface area contributed by atoms with E-state index in [0.717, 1.165) is 42.9 Å². The van der Waals surface area contributed by atoms with E-state index in [1.165, 1.54) is 18.4 Å². The van der Waals surface area contributed by atoms with Crippen LogP contribution in [0.25, 0.3) is 0 Å². The second-order valence-corrected chi connectivity index (χ2v) is 10.4. The highest BCUT2D eigenvalue weighted by Gasteiger charge is 2.30. The van der Waals surface area contributed by atoms with E-state index >= 15 is 0 Å². The second-order valence-electron chi connectivity index (χ2n) is 10.4. The molecule has 3 aliphatic rings. The number of nitrogens with zero attached hydrogens (tertiary/aromatic N) is 3. The van der Waals surface area contributed by atoms with Crippen molar-refractivity contribution < 1.29 is 14.6 Å². The van der Waals surface area contributed by atoms with E-state index in [1.54, 1.807) is 13.3 Å². The lowest BCUT2D eigenvalue weighted by molar-refractivity contribution is -0.117. The van der Waals surface area contributed by atoms with Gasteiger partial charge in [0.25, 0.3) is 0 Å². The van der Waals surface area contributed by atoms with E-state index in [1.807, 2.05) is 0 Å². The molecular weight excluding hydrogens is 462 g/mol. The molecule has 5 rings (SSSR count). The van der Waals surface area contributed by atoms with E-state index in [0.29, 0.717) is 24.3 Å². The fourth-order valence-electron chi connectivity index (χ4n) is 4.98. The zero-order valence-corrected chi connectivity index (χ0v) is 21.7. The predicted octanol–water partition coefficient (Wildman–Crippen LogP) is 4.30. The number of likely N-dealkylation sites (N-methyl/N-ethyl adjacent to an activating group) is 1. The number of ether oxygens (including phenoxy) is 1. The number of allylic oxidation sites excluding steroid dienone is 2. The molecule has 0 radical (unpaired) electrons. The molecule has 0 spiro atoms. The maximum atomic E-state index is 12.0. The Morgan fingerprint density at radius 3 is 2.35 bits per heavy atom. The SMILES string of the molecule is COC1CN(Cc2ccc(C#Cc3ccc([C@H](CC4=C(O)C(=O)CC=N4)CN(C)C4CC4)cc3)cc2)C1. The average Bonchev–Trinajstić information content (AvgIpc) is 3.74. The molecule has 2 fully saturated rings. The van der Waals surface area contributed by atoms with Crippen LogP contribution >= 0.6 is 0 Å². The third-order valence-corrected chi connectivity index (χ3v) is 7.53. The number of aliphatic hydroxyl groups is 1. The number of carbonyl (C=O) groups is 1. The summed E-state index contributed by atoms with van der Waals surface area (Å²) in [7, 11) is 3.92. The molecule has 0 aromatic heterocycles. The highest BCUT2D eigenvalue weighted by atomic mass is 16.5. The van der Waals surface area contributed by atoms with Crippen LogP contribution in [0.4, 0.5) is 0 Å². The minimum atomic E-state index is -0.252. The Morgan fingerprint density at radius 2 is 1.73 bits per heavy atom. The lowest BCUT2D eigenvalue weighted by atomic mass is 9.91. The molecular formula is C31H35N3O3. The van der Waals surface area contributed by atoms with Crippen LogP contribution in [0.2, 0.25) is 0 Å². The van der Waals surface area contributed by atoms with Gasteiger partial charge in [0.15, 0.2) is 5.76 Å². The van der Waals surface area contributed by atoms with Crippen molar-refractivity contribution in [2.24, 2.45) is 4.99 Å². The summed E-state index contributed by atoms with van der Waals surface area (Å²) < 4.78 is 5.35. The van der Waals surface area contributed by atoms with Crippen molar-refractivity contribution in [3.8, 4) is 11.8 Å². The average molecular weight is 498 g/mol. The quantitative estimate of drug-likeness (QED) is 0.524. The number of benzene rings is 2. The van der Waals surface area contributed by atoms with Crippen molar-refractivity contribution in [2.75, 3.05) is 33.8 Å². The van der Waals surface area contributed by atoms with Gasteiger partial charge >= 0.3 is 0 Å². The van der Waals surface area contributed by atoms with E-state index in [2.05, 4.69) is 82.2 Å². The lowest BCUT2D eigenvalue weighted by Crippen LogP contribution is -2.50. The van der Waals surface area contributed by atoms with Gasteiger partial charge in [0.1, 0.15) is 0 Å². The van der Waals surface area contributed by atoms with Crippen LogP contribution in [0.15, 0.2) is 65.0 Å². The van der Waals surface area contributed by atoms with Gasteiger partial charge in [-0.25, -0.2) is 0 Å². The van der Waals surface area contributed by atoms with E-state index in [4.69, 9.17) is 4.74 Å². The van der Waals surface area contributed by atoms with Gasteiger partial charge in [0, 0.05) is 75.4 Å². The van der Waals surface area contributed by atoms with Crippen LogP contribution in [0.1, 0.15) is 53.9 Å². The normalized spacial score (nSPS) is 19.1. The summed E-state index contributed by atoms with van der Waals surface area (Å²) in [5, 5.41) is 10.3. The summed E-state index contributed by atoms with van der Waals surface area (Å²) in [6, 6.07) is 17.4. The Labute approximate surface area is 219 Å². The molecule has 1 atom stereocenters. The molecule has 2 aliphatic heterocycles. The molecule has 0 bridgehead atoms. The van der Waals surface area contributed by atoms with Crippen LogP contribution in [0, 0.1) is 11.8 Å². The Kier molecular flexibility index (Phi) is 7.85. The maximum absolute atomic E-state index is 12.0. The number of ketones is 1. The summed E-state index contributed by atoms with van der Waals surface area (Å²) in [6.45, 7) is 3.79. The van der Waals surface area contributed by atoms with Crippen molar-refractivity contribution >= 4 is 12.0 Å². The molecule has 6 heteroatoms. The molecule has 1 saturated heterocycles. The zero-order chi connectivity index (χ0) is 25.8. The van der Waals surface area contributed by atoms with Crippen molar-refractivity contribution in [2.45, 2.75) is 50.3 Å². The number of hydrogen-bond donors (Lipinski definition) is 1. The minimum absolute atomic E-state index is 0.130. The van der Waals surface area contributed by atoms with Gasteiger partial charge in [-0.2, -0.15) is 0 Å². The van der Waals surface area contributed by atoms with E-state index in [-0.39, 0.29) is 23.9 Å². The minimum Gasteiger partial charge on any atom is -0.503 e. The first kappa shape index (κ1) is 25.4. The summed E-state index contributed by atoms with van der Waals surface area (Å²) in [4.78, 5) is 21.1. The number of hydrogen-bond acceptors (Lipinski definition) is 6. The topological polar surface area (TPSA) is 65.4 Å². The molecule has 2 aromatic rings. The fourth-order valence-corrected chi connectivity index (χ4v) is 4.98. The molecule has 1 N–H and O–H groups in total. The lowest BCUT2D eigenvalue weighted by Gasteiger charge is -2.38. The number of rotatable bonds is 9. The maximum Gasteiger partial charge on any atom is 0.204 e. The van der Waals surface area contributed by atoms with Gasteiger partial charge < -0.3 is 14.7 Å². The largest absolute Gasteiger partial charge is 0.503 e. The first-order valence-corrected chi connectivity index (χ1v) is 13.1. The first-order valence-electron chi connectivity index (χ1n) is 13.1. The number of aliphatic imine (C=N–C) groups is 1. The van der Waals surface area contributed by atoms with E-state index in [9.17, 15) is 9.90 Å². The monoisotopic (exact) mass is 497 g/mol. The third kappa shape index (κ3) is 6.56. The predicted molar refractivity (Wildman–Crippen MR) is 146 cm³/mol. The molecule has 2 heterocycles. The summed E-state index contributed by atoms with van der Waals surface area (Å²) in [6.07, 6.45) is 5.15. The van der Waals surface area contributed by atoms with Gasteiger partial charge in [-0.3, -0.25) is 14.7 Å². The van der Waals surface area contributed by atoms with Crippen LogP contribution in [-0.2, 0) is 16.1 Å². The second kappa shape index (κ2) is 11.4. The summed E-state index contributed by atoms with van der Waals surface area (Å²) in [5.41, 5.74) is 4.90. The van der Waals surface area contributed by atoms with Gasteiger partial charge in [0.05, 0.1) is 11.8 Å². The smallest absolute Gasteiger partial charge is 0.204 e. The molecule has 192 valence electrons. The van der Waals surface area contributed by atoms with Crippen molar-refractivity contribution in [3.05, 3.63) is 82.2 Å². The van der Waals surface area contributed by atoms with Crippen molar-refractivity contribution in [1.82, 2.24) is 9.80 Å². The highest BCUT2D eigenvalue weighted by molar-refractivity contribution is 6.03. The van der Waals surface area contributed by atoms with Crippen LogP contribution in [0.3, 0.4) is 0 Å². The Morgan fingerprint density at radius 1 is 1.08 bits per heavy atom. The number of carbonyl (C=O) groups excluding carboxylic acids is 1. The van der Waals surface area contributed by atoms with Gasteiger partial charge in [0.2, 0.25) is 5.78 Å². The fraction of sp³-hybridized carbons (Fsp3) is 0.419. The Bertz CT molecular complexity index is 1230. The van der Waals surface area contributed by atoms with Gasteiger partial charge in [-0.05, 0) is 55.3 Å². The Balaban J connectivity index is 1.24. The molecule has 0 unspecified atom stereocenters. The van der Waals surface area contributed by atoms with Crippen LogP contribution in [0.5, 0.6) is 0 Å². The van der Waals surface area contributed by atoms with Crippen molar-refractivity contribution in [1.29, 1.82) is 0 Å². The van der Waals surface area contributed by atoms with Gasteiger partial charge in [-0.1, -0.05) is 36.1 Å². The van der Waals surface area contributed by atoms with Crippen molar-refractivity contribution in [3.63, 3.8) is 0 Å². The molecule has 6 nitrogen and oxygen atoms in total. The van der Waals surface area contributed by atoms with Crippen LogP contribution < -0.4 is 0 Å². The van der Waals surface area contributed by atoms with Crippen LogP contribution in [-0.4, -0.2) is 72.8 Å². The summed E-state index contributed by atoms with van der Waals surface area (Å²) in [5.74, 6) is 6.26. The zero-order valence-electron chi connectivity index (χ0n) is 21.7. The molecule has 1 aliphatic carbocycles. The first-order chi connectivity index (χ1) is 18.0.